The Morgan fingerprint density at radius 3 is 2.00 bits per heavy atom. The van der Waals surface area contributed by atoms with Crippen molar-refractivity contribution in [3.63, 3.8) is 0 Å². The molecule has 0 amide bonds. The van der Waals surface area contributed by atoms with Gasteiger partial charge in [-0.15, -0.1) is 0 Å². The fourth-order valence-corrected chi connectivity index (χ4v) is 2.19. The monoisotopic (exact) mass is 145 g/mol. The molecule has 1 aliphatic rings. The van der Waals surface area contributed by atoms with Crippen molar-refractivity contribution in [3.8, 4) is 0 Å². The lowest BCUT2D eigenvalue weighted by molar-refractivity contribution is 0.0825. The van der Waals surface area contributed by atoms with Crippen LogP contribution < -0.4 is 5.73 Å². The van der Waals surface area contributed by atoms with Crippen molar-refractivity contribution in [3.05, 3.63) is 0 Å². The zero-order chi connectivity index (χ0) is 7.12. The van der Waals surface area contributed by atoms with Gasteiger partial charge in [0.2, 0.25) is 0 Å². The quantitative estimate of drug-likeness (QED) is 0.536. The van der Waals surface area contributed by atoms with Gasteiger partial charge in [0.05, 0.1) is 0 Å². The number of hydrogen-bond acceptors (Lipinski definition) is 2. The molecule has 0 unspecified atom stereocenters. The molecule has 0 radical (unpaired) electrons. The van der Waals surface area contributed by atoms with Crippen molar-refractivity contribution >= 4 is 12.6 Å². The highest BCUT2D eigenvalue weighted by atomic mass is 32.1. The fourth-order valence-electron chi connectivity index (χ4n) is 1.97. The maximum atomic E-state index is 5.90. The van der Waals surface area contributed by atoms with Gasteiger partial charge in [0.1, 0.15) is 0 Å². The van der Waals surface area contributed by atoms with E-state index in [2.05, 4.69) is 26.5 Å². The molecule has 2 heteroatoms. The molecule has 0 saturated heterocycles. The third-order valence-electron chi connectivity index (χ3n) is 1.98. The van der Waals surface area contributed by atoms with Crippen LogP contribution in [-0.2, 0) is 0 Å². The van der Waals surface area contributed by atoms with Crippen LogP contribution in [0.2, 0.25) is 0 Å². The van der Waals surface area contributed by atoms with Crippen LogP contribution in [0.25, 0.3) is 0 Å². The van der Waals surface area contributed by atoms with Crippen molar-refractivity contribution < 1.29 is 0 Å². The van der Waals surface area contributed by atoms with Gasteiger partial charge in [-0.2, -0.15) is 12.6 Å². The summed E-state index contributed by atoms with van der Waals surface area (Å²) in [6.45, 7) is 4.50. The molecule has 54 valence electrons. The van der Waals surface area contributed by atoms with Gasteiger partial charge in [-0.05, 0) is 18.3 Å². The second-order valence-electron chi connectivity index (χ2n) is 4.04. The average Bonchev–Trinajstić information content (AvgIpc) is 1.61. The van der Waals surface area contributed by atoms with Gasteiger partial charge in [0, 0.05) is 11.3 Å². The van der Waals surface area contributed by atoms with E-state index in [4.69, 9.17) is 5.73 Å². The molecule has 1 fully saturated rings. The Morgan fingerprint density at radius 1 is 1.44 bits per heavy atom. The van der Waals surface area contributed by atoms with Crippen LogP contribution in [0.3, 0.4) is 0 Å². The zero-order valence-corrected chi connectivity index (χ0v) is 7.04. The topological polar surface area (TPSA) is 26.0 Å². The number of thiol groups is 1. The summed E-state index contributed by atoms with van der Waals surface area (Å²) in [5, 5.41) is 0. The molecular weight excluding hydrogens is 130 g/mol. The summed E-state index contributed by atoms with van der Waals surface area (Å²) in [7, 11) is 0. The van der Waals surface area contributed by atoms with E-state index in [1.807, 2.05) is 0 Å². The molecule has 0 atom stereocenters. The summed E-state index contributed by atoms with van der Waals surface area (Å²) >= 11 is 4.19. The zero-order valence-electron chi connectivity index (χ0n) is 6.15. The van der Waals surface area contributed by atoms with Crippen molar-refractivity contribution in [1.82, 2.24) is 0 Å². The normalized spacial score (nSPS) is 29.3. The Bertz CT molecular complexity index is 112. The van der Waals surface area contributed by atoms with Crippen LogP contribution in [0.5, 0.6) is 0 Å². The Labute approximate surface area is 62.4 Å². The molecular formula is C7H15NS. The number of hydrogen-bond donors (Lipinski definition) is 2. The molecule has 0 bridgehead atoms. The first-order chi connectivity index (χ1) is 3.97. The van der Waals surface area contributed by atoms with Crippen LogP contribution in [0.4, 0.5) is 0 Å². The van der Waals surface area contributed by atoms with E-state index in [9.17, 15) is 0 Å². The minimum atomic E-state index is 0.0621. The first kappa shape index (κ1) is 7.42. The third kappa shape index (κ3) is 1.41. The first-order valence-corrected chi connectivity index (χ1v) is 4.01. The Morgan fingerprint density at radius 2 is 1.89 bits per heavy atom. The van der Waals surface area contributed by atoms with E-state index in [0.29, 0.717) is 5.41 Å². The van der Waals surface area contributed by atoms with Crippen LogP contribution in [0.15, 0.2) is 0 Å². The van der Waals surface area contributed by atoms with Crippen LogP contribution in [-0.4, -0.2) is 11.3 Å². The fraction of sp³-hybridized carbons (Fsp3) is 1.00. The molecule has 1 saturated carbocycles. The summed E-state index contributed by atoms with van der Waals surface area (Å²) in [4.78, 5) is 0. The number of rotatable bonds is 1. The first-order valence-electron chi connectivity index (χ1n) is 3.37. The molecule has 0 aromatic rings. The summed E-state index contributed by atoms with van der Waals surface area (Å²) in [6.07, 6.45) is 2.26. The van der Waals surface area contributed by atoms with Crippen LogP contribution in [0.1, 0.15) is 26.7 Å². The minimum Gasteiger partial charge on any atom is -0.324 e. The maximum absolute atomic E-state index is 5.90. The van der Waals surface area contributed by atoms with E-state index in [-0.39, 0.29) is 5.54 Å². The highest BCUT2D eigenvalue weighted by molar-refractivity contribution is 7.80. The largest absolute Gasteiger partial charge is 0.324 e. The summed E-state index contributed by atoms with van der Waals surface area (Å²) in [5.41, 5.74) is 6.45. The van der Waals surface area contributed by atoms with E-state index >= 15 is 0 Å². The number of nitrogens with two attached hydrogens (primary N) is 1. The molecule has 2 N–H and O–H groups in total. The summed E-state index contributed by atoms with van der Waals surface area (Å²) < 4.78 is 0. The van der Waals surface area contributed by atoms with E-state index in [1.165, 1.54) is 0 Å². The molecule has 1 rings (SSSR count). The lowest BCUT2D eigenvalue weighted by Crippen LogP contribution is -2.57. The smallest absolute Gasteiger partial charge is 0.0253 e. The van der Waals surface area contributed by atoms with Crippen molar-refractivity contribution in [2.24, 2.45) is 11.1 Å². The second kappa shape index (κ2) is 1.89. The Kier molecular flexibility index (Phi) is 1.56. The van der Waals surface area contributed by atoms with Crippen LogP contribution in [0, 0.1) is 5.41 Å². The van der Waals surface area contributed by atoms with Gasteiger partial charge in [-0.1, -0.05) is 13.8 Å². The van der Waals surface area contributed by atoms with Gasteiger partial charge in [0.15, 0.2) is 0 Å². The van der Waals surface area contributed by atoms with Crippen LogP contribution >= 0.6 is 12.6 Å². The Hall–Kier alpha value is 0.310. The van der Waals surface area contributed by atoms with Crippen molar-refractivity contribution in [1.29, 1.82) is 0 Å². The lowest BCUT2D eigenvalue weighted by Gasteiger charge is -2.50. The Balaban J connectivity index is 2.41. The van der Waals surface area contributed by atoms with Gasteiger partial charge in [-0.3, -0.25) is 0 Å². The molecule has 1 nitrogen and oxygen atoms in total. The molecule has 0 spiro atoms. The molecule has 0 heterocycles. The predicted molar refractivity (Wildman–Crippen MR) is 43.8 cm³/mol. The van der Waals surface area contributed by atoms with Crippen molar-refractivity contribution in [2.75, 3.05) is 5.75 Å². The SMILES string of the molecule is CC1(C)CC(N)(CS)C1. The van der Waals surface area contributed by atoms with Gasteiger partial charge in [0.25, 0.3) is 0 Å². The van der Waals surface area contributed by atoms with Crippen molar-refractivity contribution in [2.45, 2.75) is 32.2 Å². The van der Waals surface area contributed by atoms with E-state index in [0.717, 1.165) is 18.6 Å². The molecule has 0 aromatic carbocycles. The van der Waals surface area contributed by atoms with Gasteiger partial charge in [-0.25, -0.2) is 0 Å². The standard InChI is InChI=1S/C7H15NS/c1-6(2)3-7(8,4-6)5-9/h9H,3-5,8H2,1-2H3. The highest BCUT2D eigenvalue weighted by Gasteiger charge is 2.45. The minimum absolute atomic E-state index is 0.0621. The lowest BCUT2D eigenvalue weighted by atomic mass is 9.61. The summed E-state index contributed by atoms with van der Waals surface area (Å²) in [6, 6.07) is 0. The third-order valence-corrected chi connectivity index (χ3v) is 2.61. The van der Waals surface area contributed by atoms with Gasteiger partial charge >= 0.3 is 0 Å². The van der Waals surface area contributed by atoms with E-state index < -0.39 is 0 Å². The molecule has 0 aliphatic heterocycles. The predicted octanol–water partition coefficient (Wildman–Crippen LogP) is 1.43. The molecule has 1 aliphatic carbocycles. The average molecular weight is 145 g/mol. The molecule has 0 aromatic heterocycles. The molecule has 9 heavy (non-hydrogen) atoms. The van der Waals surface area contributed by atoms with E-state index in [1.54, 1.807) is 0 Å². The highest BCUT2D eigenvalue weighted by Crippen LogP contribution is 2.46. The maximum Gasteiger partial charge on any atom is 0.0253 e. The summed E-state index contributed by atoms with van der Waals surface area (Å²) in [5.74, 6) is 0.830. The second-order valence-corrected chi connectivity index (χ2v) is 4.35. The van der Waals surface area contributed by atoms with Gasteiger partial charge < -0.3 is 5.73 Å².